The van der Waals surface area contributed by atoms with E-state index in [4.69, 9.17) is 27.9 Å². The lowest BCUT2D eigenvalue weighted by atomic mass is 10.2. The number of hydrogen-bond acceptors (Lipinski definition) is 4. The van der Waals surface area contributed by atoms with Gasteiger partial charge in [-0.05, 0) is 37.3 Å². The Labute approximate surface area is 160 Å². The molecule has 7 heteroatoms. The smallest absolute Gasteiger partial charge is 0.338 e. The van der Waals surface area contributed by atoms with Gasteiger partial charge < -0.3 is 10.1 Å². The van der Waals surface area contributed by atoms with Gasteiger partial charge in [-0.1, -0.05) is 40.9 Å². The van der Waals surface area contributed by atoms with Crippen molar-refractivity contribution >= 4 is 46.8 Å². The fourth-order valence-electron chi connectivity index (χ4n) is 1.93. The molecule has 0 fully saturated rings. The quantitative estimate of drug-likeness (QED) is 0.428. The number of carbonyl (C=O) groups is 2. The van der Waals surface area contributed by atoms with Crippen LogP contribution in [0.1, 0.15) is 15.9 Å². The third kappa shape index (κ3) is 6.98. The van der Waals surface area contributed by atoms with Crippen LogP contribution in [0.25, 0.3) is 0 Å². The number of nitrogens with one attached hydrogen (secondary N) is 1. The minimum absolute atomic E-state index is 0.209. The monoisotopic (exact) mass is 397 g/mol. The van der Waals surface area contributed by atoms with E-state index < -0.39 is 5.97 Å². The van der Waals surface area contributed by atoms with E-state index in [0.29, 0.717) is 16.6 Å². The number of halogens is 2. The SMILES string of the molecule is Cc1ccc(SCCNC(=O)COC(=O)c2cc(Cl)cc(Cl)c2)cc1. The Balaban J connectivity index is 1.68. The Morgan fingerprint density at radius 1 is 1.08 bits per heavy atom. The zero-order valence-electron chi connectivity index (χ0n) is 13.6. The number of amides is 1. The minimum atomic E-state index is -0.645. The normalized spacial score (nSPS) is 10.4. The molecule has 1 N–H and O–H groups in total. The molecule has 4 nitrogen and oxygen atoms in total. The first-order valence-electron chi connectivity index (χ1n) is 7.53. The van der Waals surface area contributed by atoms with E-state index in [1.54, 1.807) is 11.8 Å². The highest BCUT2D eigenvalue weighted by molar-refractivity contribution is 7.99. The first-order chi connectivity index (χ1) is 11.9. The topological polar surface area (TPSA) is 55.4 Å². The second-order valence-corrected chi connectivity index (χ2v) is 7.29. The van der Waals surface area contributed by atoms with Gasteiger partial charge in [0.05, 0.1) is 5.56 Å². The van der Waals surface area contributed by atoms with Crippen LogP contribution >= 0.6 is 35.0 Å². The molecule has 25 heavy (non-hydrogen) atoms. The van der Waals surface area contributed by atoms with Crippen molar-refractivity contribution in [2.45, 2.75) is 11.8 Å². The molecule has 0 saturated heterocycles. The lowest BCUT2D eigenvalue weighted by molar-refractivity contribution is -0.124. The van der Waals surface area contributed by atoms with Crippen molar-refractivity contribution < 1.29 is 14.3 Å². The summed E-state index contributed by atoms with van der Waals surface area (Å²) >= 11 is 13.3. The van der Waals surface area contributed by atoms with Gasteiger partial charge >= 0.3 is 5.97 Å². The van der Waals surface area contributed by atoms with Gasteiger partial charge in [-0.3, -0.25) is 4.79 Å². The van der Waals surface area contributed by atoms with E-state index in [2.05, 4.69) is 5.32 Å². The lowest BCUT2D eigenvalue weighted by Gasteiger charge is -2.07. The van der Waals surface area contributed by atoms with E-state index in [0.717, 1.165) is 10.6 Å². The molecule has 2 aromatic carbocycles. The maximum Gasteiger partial charge on any atom is 0.338 e. The molecular formula is C18H17Cl2NO3S. The molecule has 0 unspecified atom stereocenters. The van der Waals surface area contributed by atoms with E-state index in [1.807, 2.05) is 31.2 Å². The molecular weight excluding hydrogens is 381 g/mol. The summed E-state index contributed by atoms with van der Waals surface area (Å²) in [7, 11) is 0. The fourth-order valence-corrected chi connectivity index (χ4v) is 3.23. The minimum Gasteiger partial charge on any atom is -0.452 e. The summed E-state index contributed by atoms with van der Waals surface area (Å²) in [4.78, 5) is 24.7. The summed E-state index contributed by atoms with van der Waals surface area (Å²) in [6.45, 7) is 2.17. The lowest BCUT2D eigenvalue weighted by Crippen LogP contribution is -2.30. The number of hydrogen-bond donors (Lipinski definition) is 1. The number of ether oxygens (including phenoxy) is 1. The van der Waals surface area contributed by atoms with Crippen molar-refractivity contribution in [2.75, 3.05) is 18.9 Å². The van der Waals surface area contributed by atoms with Gasteiger partial charge in [-0.25, -0.2) is 4.79 Å². The van der Waals surface area contributed by atoms with Crippen LogP contribution in [0.5, 0.6) is 0 Å². The van der Waals surface area contributed by atoms with Gasteiger partial charge in [-0.2, -0.15) is 0 Å². The highest BCUT2D eigenvalue weighted by Gasteiger charge is 2.11. The van der Waals surface area contributed by atoms with Crippen LogP contribution in [0, 0.1) is 6.92 Å². The van der Waals surface area contributed by atoms with Gasteiger partial charge in [-0.15, -0.1) is 11.8 Å². The molecule has 0 saturated carbocycles. The molecule has 2 aromatic rings. The van der Waals surface area contributed by atoms with Gasteiger partial charge in [0.15, 0.2) is 6.61 Å². The molecule has 0 aliphatic heterocycles. The molecule has 1 amide bonds. The number of thioether (sulfide) groups is 1. The van der Waals surface area contributed by atoms with Gasteiger partial charge in [0.1, 0.15) is 0 Å². The summed E-state index contributed by atoms with van der Waals surface area (Å²) in [5.74, 6) is -0.272. The zero-order chi connectivity index (χ0) is 18.2. The molecule has 0 spiro atoms. The maximum atomic E-state index is 11.9. The van der Waals surface area contributed by atoms with E-state index in [9.17, 15) is 9.59 Å². The molecule has 0 heterocycles. The second-order valence-electron chi connectivity index (χ2n) is 5.25. The average molecular weight is 398 g/mol. The number of aryl methyl sites for hydroxylation is 1. The van der Waals surface area contributed by atoms with Crippen LogP contribution < -0.4 is 5.32 Å². The zero-order valence-corrected chi connectivity index (χ0v) is 15.9. The summed E-state index contributed by atoms with van der Waals surface area (Å²) < 4.78 is 4.95. The predicted octanol–water partition coefficient (Wildman–Crippen LogP) is 4.37. The summed E-state index contributed by atoms with van der Waals surface area (Å²) in [5, 5.41) is 3.37. The van der Waals surface area contributed by atoms with Crippen molar-refractivity contribution in [1.82, 2.24) is 5.32 Å². The Morgan fingerprint density at radius 2 is 1.72 bits per heavy atom. The van der Waals surface area contributed by atoms with Gasteiger partial charge in [0.2, 0.25) is 0 Å². The van der Waals surface area contributed by atoms with E-state index >= 15 is 0 Å². The Kier molecular flexibility index (Phi) is 7.62. The van der Waals surface area contributed by atoms with Crippen molar-refractivity contribution in [1.29, 1.82) is 0 Å². The molecule has 0 aromatic heterocycles. The third-order valence-corrected chi connectivity index (χ3v) is 4.60. The number of carbonyl (C=O) groups excluding carboxylic acids is 2. The van der Waals surface area contributed by atoms with Crippen molar-refractivity contribution in [2.24, 2.45) is 0 Å². The third-order valence-electron chi connectivity index (χ3n) is 3.15. The maximum absolute atomic E-state index is 11.9. The molecule has 0 bridgehead atoms. The molecule has 0 atom stereocenters. The first kappa shape index (κ1) is 19.6. The first-order valence-corrected chi connectivity index (χ1v) is 9.27. The van der Waals surface area contributed by atoms with E-state index in [-0.39, 0.29) is 18.1 Å². The van der Waals surface area contributed by atoms with Crippen molar-refractivity contribution in [3.05, 3.63) is 63.6 Å². The standard InChI is InChI=1S/C18H17Cl2NO3S/c1-12-2-4-16(5-3-12)25-7-6-21-17(22)11-24-18(23)13-8-14(19)10-15(20)9-13/h2-5,8-10H,6-7,11H2,1H3,(H,21,22). The number of benzene rings is 2. The Hall–Kier alpha value is -1.69. The van der Waals surface area contributed by atoms with Crippen molar-refractivity contribution in [3.8, 4) is 0 Å². The Bertz CT molecular complexity index is 730. The molecule has 2 rings (SSSR count). The summed E-state index contributed by atoms with van der Waals surface area (Å²) in [6, 6.07) is 12.6. The molecule has 132 valence electrons. The Morgan fingerprint density at radius 3 is 2.36 bits per heavy atom. The highest BCUT2D eigenvalue weighted by atomic mass is 35.5. The summed E-state index contributed by atoms with van der Waals surface area (Å²) in [5.41, 5.74) is 1.42. The predicted molar refractivity (Wildman–Crippen MR) is 102 cm³/mol. The van der Waals surface area contributed by atoms with Crippen LogP contribution in [0.4, 0.5) is 0 Å². The van der Waals surface area contributed by atoms with Crippen LogP contribution in [0.15, 0.2) is 47.4 Å². The highest BCUT2D eigenvalue weighted by Crippen LogP contribution is 2.19. The van der Waals surface area contributed by atoms with E-state index in [1.165, 1.54) is 23.8 Å². The van der Waals surface area contributed by atoms with Crippen LogP contribution in [-0.2, 0) is 9.53 Å². The average Bonchev–Trinajstić information content (AvgIpc) is 2.57. The second kappa shape index (κ2) is 9.70. The largest absolute Gasteiger partial charge is 0.452 e. The molecule has 0 radical (unpaired) electrons. The van der Waals surface area contributed by atoms with Gasteiger partial charge in [0, 0.05) is 27.2 Å². The molecule has 0 aliphatic rings. The fraction of sp³-hybridized carbons (Fsp3) is 0.222. The number of rotatable bonds is 7. The van der Waals surface area contributed by atoms with Crippen molar-refractivity contribution in [3.63, 3.8) is 0 Å². The van der Waals surface area contributed by atoms with Crippen LogP contribution in [0.3, 0.4) is 0 Å². The number of esters is 1. The summed E-state index contributed by atoms with van der Waals surface area (Å²) in [6.07, 6.45) is 0. The van der Waals surface area contributed by atoms with Crippen LogP contribution in [-0.4, -0.2) is 30.8 Å². The van der Waals surface area contributed by atoms with Crippen LogP contribution in [0.2, 0.25) is 10.0 Å². The van der Waals surface area contributed by atoms with Gasteiger partial charge in [0.25, 0.3) is 5.91 Å². The molecule has 0 aliphatic carbocycles.